The second-order valence-electron chi connectivity index (χ2n) is 5.68. The fourth-order valence-electron chi connectivity index (χ4n) is 2.79. The molecule has 0 spiro atoms. The number of rotatable bonds is 5. The number of carbonyl (C=O) groups is 1. The third-order valence-corrected chi connectivity index (χ3v) is 4.17. The van der Waals surface area contributed by atoms with Crippen LogP contribution in [0.3, 0.4) is 0 Å². The van der Waals surface area contributed by atoms with Crippen LogP contribution >= 0.6 is 0 Å². The summed E-state index contributed by atoms with van der Waals surface area (Å²) >= 11 is 0. The molecule has 1 aromatic heterocycles. The topological polar surface area (TPSA) is 66.3 Å². The fourth-order valence-corrected chi connectivity index (χ4v) is 2.79. The number of aliphatic carboxylic acids is 1. The van der Waals surface area contributed by atoms with Crippen molar-refractivity contribution in [2.45, 2.75) is 39.0 Å². The molecule has 0 amide bonds. The molecule has 1 heterocycles. The summed E-state index contributed by atoms with van der Waals surface area (Å²) in [5.41, 5.74) is 1.14. The molecular formula is C15H23N3O2. The number of carboxylic acid groups (broad SMARTS) is 1. The molecule has 110 valence electrons. The van der Waals surface area contributed by atoms with E-state index in [0.717, 1.165) is 50.2 Å². The molecule has 20 heavy (non-hydrogen) atoms. The van der Waals surface area contributed by atoms with E-state index in [9.17, 15) is 4.79 Å². The molecule has 1 saturated carbocycles. The Labute approximate surface area is 120 Å². The molecule has 0 aromatic carbocycles. The monoisotopic (exact) mass is 277 g/mol. The normalized spacial score (nSPS) is 22.5. The van der Waals surface area contributed by atoms with Crippen molar-refractivity contribution < 1.29 is 9.90 Å². The van der Waals surface area contributed by atoms with Crippen molar-refractivity contribution in [3.63, 3.8) is 0 Å². The third kappa shape index (κ3) is 3.68. The van der Waals surface area contributed by atoms with E-state index in [-0.39, 0.29) is 5.92 Å². The first kappa shape index (κ1) is 14.8. The number of anilines is 1. The van der Waals surface area contributed by atoms with Gasteiger partial charge in [-0.1, -0.05) is 6.92 Å². The lowest BCUT2D eigenvalue weighted by Crippen LogP contribution is -2.31. The van der Waals surface area contributed by atoms with E-state index in [2.05, 4.69) is 21.8 Å². The highest BCUT2D eigenvalue weighted by Crippen LogP contribution is 2.29. The number of aromatic nitrogens is 2. The minimum Gasteiger partial charge on any atom is -0.481 e. The average Bonchev–Trinajstić information content (AvgIpc) is 2.48. The first-order valence-corrected chi connectivity index (χ1v) is 7.35. The SMILES string of the molecule is CCc1cnc(N(C)C[C@H]2CC[C@H](C(=O)O)CC2)nc1. The molecule has 2 rings (SSSR count). The van der Waals surface area contributed by atoms with Gasteiger partial charge in [-0.25, -0.2) is 9.97 Å². The van der Waals surface area contributed by atoms with Gasteiger partial charge in [0, 0.05) is 26.0 Å². The minimum atomic E-state index is -0.643. The maximum atomic E-state index is 10.9. The van der Waals surface area contributed by atoms with Crippen LogP contribution in [0.5, 0.6) is 0 Å². The van der Waals surface area contributed by atoms with E-state index in [4.69, 9.17) is 5.11 Å². The number of hydrogen-bond acceptors (Lipinski definition) is 4. The molecule has 5 nitrogen and oxygen atoms in total. The Kier molecular flexibility index (Phi) is 4.93. The second-order valence-corrected chi connectivity index (χ2v) is 5.68. The van der Waals surface area contributed by atoms with Crippen LogP contribution in [0.4, 0.5) is 5.95 Å². The van der Waals surface area contributed by atoms with Gasteiger partial charge in [0.2, 0.25) is 5.95 Å². The summed E-state index contributed by atoms with van der Waals surface area (Å²) in [7, 11) is 2.00. The Hall–Kier alpha value is -1.65. The van der Waals surface area contributed by atoms with E-state index in [1.807, 2.05) is 19.4 Å². The van der Waals surface area contributed by atoms with Crippen LogP contribution < -0.4 is 4.90 Å². The predicted octanol–water partition coefficient (Wildman–Crippen LogP) is 2.37. The molecule has 1 aromatic rings. The molecule has 0 unspecified atom stereocenters. The second kappa shape index (κ2) is 6.68. The minimum absolute atomic E-state index is 0.142. The fraction of sp³-hybridized carbons (Fsp3) is 0.667. The summed E-state index contributed by atoms with van der Waals surface area (Å²) in [6, 6.07) is 0. The first-order chi connectivity index (χ1) is 9.60. The van der Waals surface area contributed by atoms with E-state index in [1.54, 1.807) is 0 Å². The van der Waals surface area contributed by atoms with Crippen molar-refractivity contribution in [2.24, 2.45) is 11.8 Å². The molecule has 0 radical (unpaired) electrons. The largest absolute Gasteiger partial charge is 0.481 e. The van der Waals surface area contributed by atoms with E-state index in [1.165, 1.54) is 0 Å². The molecule has 0 bridgehead atoms. The smallest absolute Gasteiger partial charge is 0.306 e. The van der Waals surface area contributed by atoms with Crippen LogP contribution in [0, 0.1) is 11.8 Å². The lowest BCUT2D eigenvalue weighted by atomic mass is 9.82. The predicted molar refractivity (Wildman–Crippen MR) is 77.8 cm³/mol. The zero-order valence-corrected chi connectivity index (χ0v) is 12.2. The van der Waals surface area contributed by atoms with Crippen LogP contribution in [-0.4, -0.2) is 34.6 Å². The van der Waals surface area contributed by atoms with Crippen LogP contribution in [0.15, 0.2) is 12.4 Å². The summed E-state index contributed by atoms with van der Waals surface area (Å²) in [5, 5.41) is 9.00. The highest BCUT2D eigenvalue weighted by Gasteiger charge is 2.26. The molecule has 0 saturated heterocycles. The van der Waals surface area contributed by atoms with E-state index in [0.29, 0.717) is 5.92 Å². The van der Waals surface area contributed by atoms with E-state index >= 15 is 0 Å². The summed E-state index contributed by atoms with van der Waals surface area (Å²) in [4.78, 5) is 21.8. The summed E-state index contributed by atoms with van der Waals surface area (Å²) in [5.74, 6) is 0.513. The summed E-state index contributed by atoms with van der Waals surface area (Å²) in [6.07, 6.45) is 8.25. The highest BCUT2D eigenvalue weighted by molar-refractivity contribution is 5.70. The van der Waals surface area contributed by atoms with Gasteiger partial charge in [0.05, 0.1) is 5.92 Å². The maximum absolute atomic E-state index is 10.9. The van der Waals surface area contributed by atoms with Crippen molar-refractivity contribution in [3.8, 4) is 0 Å². The Morgan fingerprint density at radius 1 is 1.30 bits per heavy atom. The van der Waals surface area contributed by atoms with Gasteiger partial charge in [-0.15, -0.1) is 0 Å². The van der Waals surface area contributed by atoms with Gasteiger partial charge in [0.1, 0.15) is 0 Å². The third-order valence-electron chi connectivity index (χ3n) is 4.17. The number of carboxylic acids is 1. The van der Waals surface area contributed by atoms with Gasteiger partial charge >= 0.3 is 5.97 Å². The van der Waals surface area contributed by atoms with E-state index < -0.39 is 5.97 Å². The van der Waals surface area contributed by atoms with Gasteiger partial charge in [0.25, 0.3) is 0 Å². The number of nitrogens with zero attached hydrogens (tertiary/aromatic N) is 3. The lowest BCUT2D eigenvalue weighted by Gasteiger charge is -2.29. The lowest BCUT2D eigenvalue weighted by molar-refractivity contribution is -0.143. The van der Waals surface area contributed by atoms with Gasteiger partial charge in [-0.3, -0.25) is 4.79 Å². The molecule has 5 heteroatoms. The van der Waals surface area contributed by atoms with Crippen LogP contribution in [0.25, 0.3) is 0 Å². The van der Waals surface area contributed by atoms with Crippen molar-refractivity contribution in [1.82, 2.24) is 9.97 Å². The molecule has 0 atom stereocenters. The van der Waals surface area contributed by atoms with Crippen molar-refractivity contribution in [2.75, 3.05) is 18.5 Å². The molecule has 1 aliphatic carbocycles. The molecule has 1 aliphatic rings. The Morgan fingerprint density at radius 3 is 2.40 bits per heavy atom. The van der Waals surface area contributed by atoms with Crippen molar-refractivity contribution in [3.05, 3.63) is 18.0 Å². The van der Waals surface area contributed by atoms with Crippen molar-refractivity contribution in [1.29, 1.82) is 0 Å². The quantitative estimate of drug-likeness (QED) is 0.895. The van der Waals surface area contributed by atoms with Crippen LogP contribution in [-0.2, 0) is 11.2 Å². The standard InChI is InChI=1S/C15H23N3O2/c1-3-11-8-16-15(17-9-11)18(2)10-12-4-6-13(7-5-12)14(19)20/h8-9,12-13H,3-7,10H2,1-2H3,(H,19,20)/t12-,13-. The summed E-state index contributed by atoms with van der Waals surface area (Å²) in [6.45, 7) is 2.99. The summed E-state index contributed by atoms with van der Waals surface area (Å²) < 4.78 is 0. The van der Waals surface area contributed by atoms with Gasteiger partial charge in [0.15, 0.2) is 0 Å². The van der Waals surface area contributed by atoms with Crippen LogP contribution in [0.1, 0.15) is 38.2 Å². The Bertz CT molecular complexity index is 439. The van der Waals surface area contributed by atoms with Crippen LogP contribution in [0.2, 0.25) is 0 Å². The van der Waals surface area contributed by atoms with Gasteiger partial charge in [-0.05, 0) is 43.6 Å². The Balaban J connectivity index is 1.85. The maximum Gasteiger partial charge on any atom is 0.306 e. The first-order valence-electron chi connectivity index (χ1n) is 7.35. The number of hydrogen-bond donors (Lipinski definition) is 1. The zero-order valence-electron chi connectivity index (χ0n) is 12.2. The molecule has 0 aliphatic heterocycles. The molecule has 1 N–H and O–H groups in total. The Morgan fingerprint density at radius 2 is 1.90 bits per heavy atom. The molecular weight excluding hydrogens is 254 g/mol. The van der Waals surface area contributed by atoms with Crippen molar-refractivity contribution >= 4 is 11.9 Å². The average molecular weight is 277 g/mol. The van der Waals surface area contributed by atoms with Gasteiger partial charge in [-0.2, -0.15) is 0 Å². The molecule has 1 fully saturated rings. The number of aryl methyl sites for hydroxylation is 1. The van der Waals surface area contributed by atoms with Gasteiger partial charge < -0.3 is 10.0 Å². The highest BCUT2D eigenvalue weighted by atomic mass is 16.4. The zero-order chi connectivity index (χ0) is 14.5.